The van der Waals surface area contributed by atoms with Crippen molar-refractivity contribution in [1.82, 2.24) is 39.3 Å². The standard InChI is InChI=1S/C24H24FN9O2/c1-32-17(11-29-31-32)14-9-16-19(28-10-14)22-23(20(24(26)35)30-33(22)2)34(16)21(13-5-4-8-36-12-13)18-15(25)6-3-7-27-18/h3,6-7,9-11,13,21H,4-5,8,12H2,1-2H3,(H2,26,35)/t13?,21-/m0/s1. The molecule has 1 unspecified atom stereocenters. The van der Waals surface area contributed by atoms with Crippen LogP contribution in [0.4, 0.5) is 4.39 Å². The van der Waals surface area contributed by atoms with Crippen molar-refractivity contribution >= 4 is 28.0 Å². The maximum atomic E-state index is 15.3. The maximum absolute atomic E-state index is 15.3. The minimum atomic E-state index is -0.680. The molecule has 2 N–H and O–H groups in total. The van der Waals surface area contributed by atoms with Gasteiger partial charge in [0.15, 0.2) is 5.69 Å². The molecule has 1 saturated heterocycles. The number of carbonyl (C=O) groups is 1. The molecule has 12 heteroatoms. The first-order chi connectivity index (χ1) is 17.5. The van der Waals surface area contributed by atoms with Crippen LogP contribution in [0.25, 0.3) is 33.3 Å². The van der Waals surface area contributed by atoms with Crippen molar-refractivity contribution in [2.24, 2.45) is 25.7 Å². The van der Waals surface area contributed by atoms with E-state index in [2.05, 4.69) is 20.4 Å². The van der Waals surface area contributed by atoms with Crippen LogP contribution in [0.5, 0.6) is 0 Å². The van der Waals surface area contributed by atoms with E-state index in [9.17, 15) is 4.79 Å². The highest BCUT2D eigenvalue weighted by Gasteiger charge is 2.35. The van der Waals surface area contributed by atoms with E-state index in [4.69, 9.17) is 15.5 Å². The molecule has 6 heterocycles. The van der Waals surface area contributed by atoms with E-state index < -0.39 is 17.8 Å². The second kappa shape index (κ2) is 8.48. The Morgan fingerprint density at radius 3 is 2.78 bits per heavy atom. The lowest BCUT2D eigenvalue weighted by atomic mass is 9.90. The Bertz CT molecular complexity index is 1610. The monoisotopic (exact) mass is 489 g/mol. The molecule has 1 aliphatic rings. The first kappa shape index (κ1) is 22.3. The van der Waals surface area contributed by atoms with E-state index in [-0.39, 0.29) is 17.3 Å². The summed E-state index contributed by atoms with van der Waals surface area (Å²) in [6.07, 6.45) is 6.57. The van der Waals surface area contributed by atoms with Gasteiger partial charge in [0.05, 0.1) is 35.8 Å². The second-order valence-corrected chi connectivity index (χ2v) is 9.03. The molecule has 2 atom stereocenters. The molecular formula is C24H24FN9O2. The summed E-state index contributed by atoms with van der Waals surface area (Å²) >= 11 is 0. The van der Waals surface area contributed by atoms with Crippen LogP contribution in [0.15, 0.2) is 36.8 Å². The summed E-state index contributed by atoms with van der Waals surface area (Å²) in [5, 5.41) is 12.4. The number of amides is 1. The molecule has 5 aromatic rings. The third kappa shape index (κ3) is 3.36. The fraction of sp³-hybridized carbons (Fsp3) is 0.333. The summed E-state index contributed by atoms with van der Waals surface area (Å²) < 4.78 is 26.3. The Morgan fingerprint density at radius 1 is 1.22 bits per heavy atom. The minimum absolute atomic E-state index is 0.0901. The molecule has 0 saturated carbocycles. The predicted octanol–water partition coefficient (Wildman–Crippen LogP) is 2.37. The number of rotatable bonds is 5. The van der Waals surface area contributed by atoms with Gasteiger partial charge >= 0.3 is 0 Å². The van der Waals surface area contributed by atoms with Gasteiger partial charge in [-0.05, 0) is 31.0 Å². The lowest BCUT2D eigenvalue weighted by Gasteiger charge is -2.32. The third-order valence-electron chi connectivity index (χ3n) is 6.85. The fourth-order valence-corrected chi connectivity index (χ4v) is 5.28. The minimum Gasteiger partial charge on any atom is -0.381 e. The number of aryl methyl sites for hydroxylation is 2. The van der Waals surface area contributed by atoms with Crippen LogP contribution in [0.1, 0.15) is 35.1 Å². The van der Waals surface area contributed by atoms with E-state index in [1.807, 2.05) is 10.6 Å². The molecule has 184 valence electrons. The van der Waals surface area contributed by atoms with Crippen molar-refractivity contribution in [3.63, 3.8) is 0 Å². The van der Waals surface area contributed by atoms with Crippen LogP contribution in [0, 0.1) is 11.7 Å². The highest BCUT2D eigenvalue weighted by Crippen LogP contribution is 2.41. The van der Waals surface area contributed by atoms with E-state index in [1.54, 1.807) is 48.1 Å². The van der Waals surface area contributed by atoms with Crippen LogP contribution >= 0.6 is 0 Å². The van der Waals surface area contributed by atoms with Crippen molar-refractivity contribution in [3.8, 4) is 11.3 Å². The number of halogens is 1. The van der Waals surface area contributed by atoms with Crippen LogP contribution in [-0.2, 0) is 18.8 Å². The first-order valence-electron chi connectivity index (χ1n) is 11.7. The SMILES string of the molecule is Cn1nncc1-c1cnc2c3c(c(C(N)=O)nn3C)n([C@H](c3ncccc3F)C3CCCOC3)c2c1. The number of hydrogen-bond donors (Lipinski definition) is 1. The Morgan fingerprint density at radius 2 is 2.08 bits per heavy atom. The molecule has 0 spiro atoms. The molecular weight excluding hydrogens is 465 g/mol. The van der Waals surface area contributed by atoms with Crippen LogP contribution < -0.4 is 5.73 Å². The van der Waals surface area contributed by atoms with Gasteiger partial charge in [0.25, 0.3) is 5.91 Å². The summed E-state index contributed by atoms with van der Waals surface area (Å²) in [5.41, 5.74) is 10.1. The van der Waals surface area contributed by atoms with E-state index in [0.717, 1.165) is 24.1 Å². The molecule has 1 amide bonds. The third-order valence-corrected chi connectivity index (χ3v) is 6.85. The molecule has 1 aliphatic heterocycles. The van der Waals surface area contributed by atoms with Gasteiger partial charge in [-0.25, -0.2) is 9.07 Å². The lowest BCUT2D eigenvalue weighted by molar-refractivity contribution is 0.0398. The average Bonchev–Trinajstić information content (AvgIpc) is 3.55. The average molecular weight is 490 g/mol. The summed E-state index contributed by atoms with van der Waals surface area (Å²) in [7, 11) is 3.53. The van der Waals surface area contributed by atoms with Crippen LogP contribution in [0.2, 0.25) is 0 Å². The second-order valence-electron chi connectivity index (χ2n) is 9.03. The van der Waals surface area contributed by atoms with Crippen molar-refractivity contribution in [2.75, 3.05) is 13.2 Å². The van der Waals surface area contributed by atoms with Gasteiger partial charge in [0.2, 0.25) is 0 Å². The number of hydrogen-bond acceptors (Lipinski definition) is 7. The number of primary amides is 1. The normalized spacial score (nSPS) is 17.1. The van der Waals surface area contributed by atoms with E-state index in [0.29, 0.717) is 35.3 Å². The number of fused-ring (bicyclic) bond motifs is 3. The first-order valence-corrected chi connectivity index (χ1v) is 11.7. The summed E-state index contributed by atoms with van der Waals surface area (Å²) in [4.78, 5) is 21.7. The van der Waals surface area contributed by atoms with E-state index in [1.165, 1.54) is 6.07 Å². The number of aromatic nitrogens is 8. The van der Waals surface area contributed by atoms with Crippen molar-refractivity contribution < 1.29 is 13.9 Å². The smallest absolute Gasteiger partial charge is 0.271 e. The van der Waals surface area contributed by atoms with Crippen molar-refractivity contribution in [3.05, 3.63) is 54.0 Å². The molecule has 1 fully saturated rings. The molecule has 5 aromatic heterocycles. The van der Waals surface area contributed by atoms with Crippen molar-refractivity contribution in [1.29, 1.82) is 0 Å². The highest BCUT2D eigenvalue weighted by molar-refractivity contribution is 6.12. The zero-order valence-electron chi connectivity index (χ0n) is 19.8. The lowest BCUT2D eigenvalue weighted by Crippen LogP contribution is -2.30. The Kier molecular flexibility index (Phi) is 5.25. The number of pyridine rings is 2. The van der Waals surface area contributed by atoms with Gasteiger partial charge in [0.1, 0.15) is 22.4 Å². The van der Waals surface area contributed by atoms with E-state index >= 15 is 4.39 Å². The summed E-state index contributed by atoms with van der Waals surface area (Å²) in [6.45, 7) is 1.07. The number of ether oxygens (including phenoxy) is 1. The Balaban J connectivity index is 1.73. The summed E-state index contributed by atoms with van der Waals surface area (Å²) in [5.74, 6) is -1.22. The number of carbonyl (C=O) groups excluding carboxylic acids is 1. The van der Waals surface area contributed by atoms with Crippen LogP contribution in [-0.4, -0.2) is 58.4 Å². The summed E-state index contributed by atoms with van der Waals surface area (Å²) in [6, 6.07) is 4.31. The Labute approximate surface area is 204 Å². The molecule has 0 aromatic carbocycles. The number of nitrogens with two attached hydrogens (primary N) is 1. The zero-order valence-corrected chi connectivity index (χ0v) is 19.8. The van der Waals surface area contributed by atoms with Gasteiger partial charge in [-0.1, -0.05) is 5.21 Å². The quantitative estimate of drug-likeness (QED) is 0.401. The predicted molar refractivity (Wildman–Crippen MR) is 128 cm³/mol. The number of nitrogens with zero attached hydrogens (tertiary/aromatic N) is 8. The van der Waals surface area contributed by atoms with Gasteiger partial charge in [-0.2, -0.15) is 5.10 Å². The topological polar surface area (TPSA) is 132 Å². The highest BCUT2D eigenvalue weighted by atomic mass is 19.1. The fourth-order valence-electron chi connectivity index (χ4n) is 5.28. The zero-order chi connectivity index (χ0) is 25.0. The molecule has 36 heavy (non-hydrogen) atoms. The molecule has 0 radical (unpaired) electrons. The molecule has 11 nitrogen and oxygen atoms in total. The van der Waals surface area contributed by atoms with Crippen molar-refractivity contribution in [2.45, 2.75) is 18.9 Å². The molecule has 6 rings (SSSR count). The molecule has 0 aliphatic carbocycles. The van der Waals surface area contributed by atoms with Gasteiger partial charge in [0, 0.05) is 44.6 Å². The van der Waals surface area contributed by atoms with Gasteiger partial charge < -0.3 is 15.0 Å². The molecule has 0 bridgehead atoms. The van der Waals surface area contributed by atoms with Gasteiger partial charge in [-0.15, -0.1) is 5.10 Å². The Hall–Kier alpha value is -4.19. The van der Waals surface area contributed by atoms with Gasteiger partial charge in [-0.3, -0.25) is 19.4 Å². The maximum Gasteiger partial charge on any atom is 0.271 e. The van der Waals surface area contributed by atoms with Crippen LogP contribution in [0.3, 0.4) is 0 Å². The largest absolute Gasteiger partial charge is 0.381 e.